The van der Waals surface area contributed by atoms with Gasteiger partial charge in [0.25, 0.3) is 0 Å². The molecule has 0 aromatic heterocycles. The Balaban J connectivity index is 1.98. The van der Waals surface area contributed by atoms with Gasteiger partial charge in [-0.1, -0.05) is 30.3 Å². The maximum Gasteiger partial charge on any atom is 0.240 e. The van der Waals surface area contributed by atoms with Gasteiger partial charge in [0.2, 0.25) is 10.0 Å². The van der Waals surface area contributed by atoms with Crippen molar-refractivity contribution in [1.82, 2.24) is 4.72 Å². The van der Waals surface area contributed by atoms with Crippen molar-refractivity contribution in [2.45, 2.75) is 24.3 Å². The van der Waals surface area contributed by atoms with E-state index in [2.05, 4.69) is 4.72 Å². The van der Waals surface area contributed by atoms with Crippen LogP contribution in [0.15, 0.2) is 53.4 Å². The maximum atomic E-state index is 13.0. The number of nitrogens with one attached hydrogen (secondary N) is 1. The van der Waals surface area contributed by atoms with Gasteiger partial charge in [-0.25, -0.2) is 17.5 Å². The molecular weight excluding hydrogens is 305 g/mol. The van der Waals surface area contributed by atoms with Gasteiger partial charge in [-0.2, -0.15) is 0 Å². The van der Waals surface area contributed by atoms with Gasteiger partial charge in [-0.3, -0.25) is 0 Å². The molecule has 2 N–H and O–H groups in total. The fourth-order valence-corrected chi connectivity index (χ4v) is 3.44. The van der Waals surface area contributed by atoms with Crippen LogP contribution in [-0.2, 0) is 10.0 Å². The van der Waals surface area contributed by atoms with Gasteiger partial charge in [0.1, 0.15) is 5.82 Å². The molecule has 0 saturated carbocycles. The van der Waals surface area contributed by atoms with Crippen molar-refractivity contribution in [3.63, 3.8) is 0 Å². The largest absolute Gasteiger partial charge is 0.388 e. The highest BCUT2D eigenvalue weighted by Crippen LogP contribution is 2.18. The third-order valence-corrected chi connectivity index (χ3v) is 4.94. The average Bonchev–Trinajstić information content (AvgIpc) is 2.47. The molecule has 1 unspecified atom stereocenters. The second-order valence-electron chi connectivity index (χ2n) is 5.02. The Kier molecular flexibility index (Phi) is 5.28. The Bertz CT molecular complexity index is 732. The molecule has 0 aliphatic heterocycles. The number of sulfonamides is 1. The van der Waals surface area contributed by atoms with Crippen LogP contribution in [0.2, 0.25) is 0 Å². The van der Waals surface area contributed by atoms with Crippen molar-refractivity contribution in [3.8, 4) is 0 Å². The zero-order valence-electron chi connectivity index (χ0n) is 12.2. The van der Waals surface area contributed by atoms with Crippen LogP contribution in [0.25, 0.3) is 0 Å². The monoisotopic (exact) mass is 323 g/mol. The Labute approximate surface area is 129 Å². The van der Waals surface area contributed by atoms with E-state index in [0.717, 1.165) is 11.6 Å². The number of hydrogen-bond donors (Lipinski definition) is 2. The zero-order valence-corrected chi connectivity index (χ0v) is 13.0. The molecule has 0 heterocycles. The molecule has 0 fully saturated rings. The highest BCUT2D eigenvalue weighted by atomic mass is 32.2. The van der Waals surface area contributed by atoms with Gasteiger partial charge in [0.15, 0.2) is 0 Å². The van der Waals surface area contributed by atoms with Crippen LogP contribution in [0.1, 0.15) is 23.7 Å². The average molecular weight is 323 g/mol. The third-order valence-electron chi connectivity index (χ3n) is 3.32. The van der Waals surface area contributed by atoms with E-state index in [0.29, 0.717) is 5.56 Å². The van der Waals surface area contributed by atoms with Gasteiger partial charge in [-0.15, -0.1) is 0 Å². The van der Waals surface area contributed by atoms with E-state index in [4.69, 9.17) is 0 Å². The van der Waals surface area contributed by atoms with Crippen molar-refractivity contribution < 1.29 is 17.9 Å². The molecule has 0 saturated heterocycles. The minimum atomic E-state index is -3.71. The summed E-state index contributed by atoms with van der Waals surface area (Å²) in [7, 11) is -3.71. The van der Waals surface area contributed by atoms with Crippen LogP contribution in [-0.4, -0.2) is 20.1 Å². The van der Waals surface area contributed by atoms with E-state index in [-0.39, 0.29) is 17.9 Å². The van der Waals surface area contributed by atoms with Gasteiger partial charge >= 0.3 is 0 Å². The van der Waals surface area contributed by atoms with Gasteiger partial charge in [0.05, 0.1) is 11.0 Å². The summed E-state index contributed by atoms with van der Waals surface area (Å²) in [5.74, 6) is -0.476. The minimum absolute atomic E-state index is 0.0445. The summed E-state index contributed by atoms with van der Waals surface area (Å²) in [6, 6.07) is 12.5. The number of rotatable bonds is 6. The first-order valence-corrected chi connectivity index (χ1v) is 8.37. The molecule has 0 radical (unpaired) electrons. The number of hydrogen-bond acceptors (Lipinski definition) is 3. The lowest BCUT2D eigenvalue weighted by Gasteiger charge is -2.13. The first kappa shape index (κ1) is 16.6. The summed E-state index contributed by atoms with van der Waals surface area (Å²) in [5.41, 5.74) is 1.08. The summed E-state index contributed by atoms with van der Waals surface area (Å²) in [6.45, 7) is 1.63. The fourth-order valence-electron chi connectivity index (χ4n) is 2.16. The van der Waals surface area contributed by atoms with E-state index in [9.17, 15) is 17.9 Å². The molecule has 0 amide bonds. The van der Waals surface area contributed by atoms with Crippen molar-refractivity contribution in [3.05, 3.63) is 65.5 Å². The second kappa shape index (κ2) is 7.00. The smallest absolute Gasteiger partial charge is 0.240 e. The van der Waals surface area contributed by atoms with Crippen molar-refractivity contribution >= 4 is 10.0 Å². The molecule has 1 atom stereocenters. The Morgan fingerprint density at radius 2 is 1.86 bits per heavy atom. The number of aliphatic hydroxyl groups excluding tert-OH is 1. The van der Waals surface area contributed by atoms with Crippen LogP contribution in [0.3, 0.4) is 0 Å². The summed E-state index contributed by atoms with van der Waals surface area (Å²) in [6.07, 6.45) is -0.484. The van der Waals surface area contributed by atoms with E-state index < -0.39 is 21.9 Å². The number of benzene rings is 2. The molecule has 0 aliphatic carbocycles. The quantitative estimate of drug-likeness (QED) is 0.858. The number of aryl methyl sites for hydroxylation is 1. The predicted molar refractivity (Wildman–Crippen MR) is 82.3 cm³/mol. The van der Waals surface area contributed by atoms with Crippen molar-refractivity contribution in [1.29, 1.82) is 0 Å². The van der Waals surface area contributed by atoms with Crippen LogP contribution in [0, 0.1) is 12.7 Å². The lowest BCUT2D eigenvalue weighted by molar-refractivity contribution is 0.169. The van der Waals surface area contributed by atoms with E-state index in [1.165, 1.54) is 19.1 Å². The summed E-state index contributed by atoms with van der Waals surface area (Å²) < 4.78 is 39.8. The lowest BCUT2D eigenvalue weighted by Crippen LogP contribution is -2.26. The lowest BCUT2D eigenvalue weighted by atomic mass is 10.1. The maximum absolute atomic E-state index is 13.0. The number of aliphatic hydroxyl groups is 1. The zero-order chi connectivity index (χ0) is 16.2. The fraction of sp³-hybridized carbons (Fsp3) is 0.250. The normalized spacial score (nSPS) is 13.0. The Hall–Kier alpha value is -1.76. The standard InChI is InChI=1S/C16H18FNO3S/c1-12-11-14(17)7-8-16(12)22(20,21)18-10-9-15(19)13-5-3-2-4-6-13/h2-8,11,15,18-19H,9-10H2,1H3. The highest BCUT2D eigenvalue weighted by Gasteiger charge is 2.17. The molecular formula is C16H18FNO3S. The summed E-state index contributed by atoms with van der Waals surface area (Å²) in [5, 5.41) is 9.99. The van der Waals surface area contributed by atoms with Gasteiger partial charge in [-0.05, 0) is 42.7 Å². The number of halogens is 1. The first-order valence-electron chi connectivity index (χ1n) is 6.89. The second-order valence-corrected chi connectivity index (χ2v) is 6.76. The Morgan fingerprint density at radius 3 is 2.50 bits per heavy atom. The van der Waals surface area contributed by atoms with Crippen LogP contribution in [0.4, 0.5) is 4.39 Å². The highest BCUT2D eigenvalue weighted by molar-refractivity contribution is 7.89. The van der Waals surface area contributed by atoms with E-state index in [1.54, 1.807) is 12.1 Å². The minimum Gasteiger partial charge on any atom is -0.388 e. The molecule has 0 aliphatic rings. The SMILES string of the molecule is Cc1cc(F)ccc1S(=O)(=O)NCCC(O)c1ccccc1. The molecule has 0 bridgehead atoms. The van der Waals surface area contributed by atoms with Crippen LogP contribution >= 0.6 is 0 Å². The van der Waals surface area contributed by atoms with E-state index >= 15 is 0 Å². The van der Waals surface area contributed by atoms with Crippen LogP contribution in [0.5, 0.6) is 0 Å². The van der Waals surface area contributed by atoms with E-state index in [1.807, 2.05) is 18.2 Å². The molecule has 4 nitrogen and oxygen atoms in total. The molecule has 0 spiro atoms. The Morgan fingerprint density at radius 1 is 1.18 bits per heavy atom. The summed E-state index contributed by atoms with van der Waals surface area (Å²) >= 11 is 0. The first-order chi connectivity index (χ1) is 10.4. The van der Waals surface area contributed by atoms with Gasteiger partial charge in [0, 0.05) is 6.54 Å². The molecule has 2 rings (SSSR count). The topological polar surface area (TPSA) is 66.4 Å². The molecule has 118 valence electrons. The molecule has 2 aromatic carbocycles. The molecule has 6 heteroatoms. The molecule has 2 aromatic rings. The molecule has 22 heavy (non-hydrogen) atoms. The van der Waals surface area contributed by atoms with Gasteiger partial charge < -0.3 is 5.11 Å². The summed E-state index contributed by atoms with van der Waals surface area (Å²) in [4.78, 5) is 0.0445. The predicted octanol–water partition coefficient (Wildman–Crippen LogP) is 2.54. The third kappa shape index (κ3) is 4.13. The van der Waals surface area contributed by atoms with Crippen LogP contribution < -0.4 is 4.72 Å². The van der Waals surface area contributed by atoms with Crippen molar-refractivity contribution in [2.75, 3.05) is 6.54 Å². The van der Waals surface area contributed by atoms with Crippen molar-refractivity contribution in [2.24, 2.45) is 0 Å².